The van der Waals surface area contributed by atoms with E-state index >= 15 is 0 Å². The Balaban J connectivity index is 2.19. The van der Waals surface area contributed by atoms with Crippen LogP contribution in [-0.4, -0.2) is 0 Å². The molecule has 0 fully saturated rings. The van der Waals surface area contributed by atoms with E-state index in [1.54, 1.807) is 0 Å². The molecule has 2 rings (SSSR count). The van der Waals surface area contributed by atoms with Crippen molar-refractivity contribution in [2.75, 3.05) is 0 Å². The van der Waals surface area contributed by atoms with Gasteiger partial charge in [-0.15, -0.1) is 0 Å². The summed E-state index contributed by atoms with van der Waals surface area (Å²) in [6.07, 6.45) is 0.770. The molecule has 0 N–H and O–H groups in total. The van der Waals surface area contributed by atoms with Gasteiger partial charge in [0.25, 0.3) is 0 Å². The van der Waals surface area contributed by atoms with Crippen molar-refractivity contribution in [2.45, 2.75) is 38.5 Å². The van der Waals surface area contributed by atoms with Crippen LogP contribution in [0.5, 0.6) is 0 Å². The Morgan fingerprint density at radius 3 is 2.05 bits per heavy atom. The Hall–Kier alpha value is -2.07. The Labute approximate surface area is 121 Å². The SMILES string of the molecule is CC(C)(C)c1ccc(C(C#N)Cc2ccccc2)cc1. The van der Waals surface area contributed by atoms with Crippen molar-refractivity contribution < 1.29 is 0 Å². The molecule has 2 aromatic carbocycles. The average molecular weight is 263 g/mol. The molecular formula is C19H21N. The zero-order chi connectivity index (χ0) is 14.6. The molecule has 2 aromatic rings. The maximum Gasteiger partial charge on any atom is 0.0753 e. The van der Waals surface area contributed by atoms with Crippen LogP contribution < -0.4 is 0 Å². The van der Waals surface area contributed by atoms with Crippen LogP contribution in [0.3, 0.4) is 0 Å². The number of nitrogens with zero attached hydrogens (tertiary/aromatic N) is 1. The third kappa shape index (κ3) is 3.48. The summed E-state index contributed by atoms with van der Waals surface area (Å²) in [6.45, 7) is 6.61. The zero-order valence-corrected chi connectivity index (χ0v) is 12.4. The molecule has 0 radical (unpaired) electrons. The fraction of sp³-hybridized carbons (Fsp3) is 0.316. The molecule has 0 aliphatic carbocycles. The highest BCUT2D eigenvalue weighted by Crippen LogP contribution is 2.26. The molecule has 0 aliphatic heterocycles. The monoisotopic (exact) mass is 263 g/mol. The van der Waals surface area contributed by atoms with Crippen LogP contribution in [-0.2, 0) is 11.8 Å². The van der Waals surface area contributed by atoms with E-state index in [0.717, 1.165) is 12.0 Å². The van der Waals surface area contributed by atoms with Gasteiger partial charge in [0.15, 0.2) is 0 Å². The van der Waals surface area contributed by atoms with Gasteiger partial charge in [-0.1, -0.05) is 75.4 Å². The van der Waals surface area contributed by atoms with Gasteiger partial charge in [-0.2, -0.15) is 5.26 Å². The number of nitriles is 1. The van der Waals surface area contributed by atoms with Crippen molar-refractivity contribution in [1.29, 1.82) is 5.26 Å². The van der Waals surface area contributed by atoms with E-state index in [-0.39, 0.29) is 11.3 Å². The molecule has 1 atom stereocenters. The van der Waals surface area contributed by atoms with E-state index in [1.807, 2.05) is 18.2 Å². The van der Waals surface area contributed by atoms with Gasteiger partial charge in [-0.3, -0.25) is 0 Å². The molecule has 0 aromatic heterocycles. The fourth-order valence-corrected chi connectivity index (χ4v) is 2.30. The first-order valence-corrected chi connectivity index (χ1v) is 7.04. The summed E-state index contributed by atoms with van der Waals surface area (Å²) in [6, 6.07) is 21.1. The van der Waals surface area contributed by atoms with E-state index in [1.165, 1.54) is 11.1 Å². The van der Waals surface area contributed by atoms with Crippen molar-refractivity contribution in [1.82, 2.24) is 0 Å². The lowest BCUT2D eigenvalue weighted by Crippen LogP contribution is -2.11. The van der Waals surface area contributed by atoms with Gasteiger partial charge in [0.2, 0.25) is 0 Å². The highest BCUT2D eigenvalue weighted by atomic mass is 14.3. The van der Waals surface area contributed by atoms with Gasteiger partial charge in [0.05, 0.1) is 12.0 Å². The first-order chi connectivity index (χ1) is 9.50. The van der Waals surface area contributed by atoms with Crippen molar-refractivity contribution in [3.8, 4) is 6.07 Å². The van der Waals surface area contributed by atoms with E-state index < -0.39 is 0 Å². The van der Waals surface area contributed by atoms with Crippen LogP contribution in [0.25, 0.3) is 0 Å². The first-order valence-electron chi connectivity index (χ1n) is 7.04. The van der Waals surface area contributed by atoms with Gasteiger partial charge in [0.1, 0.15) is 0 Å². The summed E-state index contributed by atoms with van der Waals surface area (Å²) in [7, 11) is 0. The zero-order valence-electron chi connectivity index (χ0n) is 12.4. The Kier molecular flexibility index (Phi) is 4.25. The molecule has 1 unspecified atom stereocenters. The maximum atomic E-state index is 9.42. The molecular weight excluding hydrogens is 242 g/mol. The minimum Gasteiger partial charge on any atom is -0.198 e. The fourth-order valence-electron chi connectivity index (χ4n) is 2.30. The number of hydrogen-bond acceptors (Lipinski definition) is 1. The quantitative estimate of drug-likeness (QED) is 0.777. The lowest BCUT2D eigenvalue weighted by atomic mass is 9.85. The lowest BCUT2D eigenvalue weighted by Gasteiger charge is -2.20. The normalized spacial score (nSPS) is 12.7. The topological polar surface area (TPSA) is 23.8 Å². The molecule has 0 spiro atoms. The Morgan fingerprint density at radius 2 is 1.55 bits per heavy atom. The average Bonchev–Trinajstić information content (AvgIpc) is 2.45. The van der Waals surface area contributed by atoms with Crippen molar-refractivity contribution >= 4 is 0 Å². The molecule has 1 heteroatoms. The predicted octanol–water partition coefficient (Wildman–Crippen LogP) is 4.83. The highest BCUT2D eigenvalue weighted by Gasteiger charge is 2.15. The molecule has 0 bridgehead atoms. The van der Waals surface area contributed by atoms with E-state index in [2.05, 4.69) is 63.2 Å². The smallest absolute Gasteiger partial charge is 0.0753 e. The molecule has 20 heavy (non-hydrogen) atoms. The summed E-state index contributed by atoms with van der Waals surface area (Å²) in [5, 5.41) is 9.42. The van der Waals surface area contributed by atoms with Crippen LogP contribution in [0.2, 0.25) is 0 Å². The van der Waals surface area contributed by atoms with Gasteiger partial charge >= 0.3 is 0 Å². The summed E-state index contributed by atoms with van der Waals surface area (Å²) >= 11 is 0. The van der Waals surface area contributed by atoms with Gasteiger partial charge in [-0.25, -0.2) is 0 Å². The van der Waals surface area contributed by atoms with Gasteiger partial charge < -0.3 is 0 Å². The standard InChI is InChI=1S/C19H21N/c1-19(2,3)18-11-9-16(10-12-18)17(14-20)13-15-7-5-4-6-8-15/h4-12,17H,13H2,1-3H3. The predicted molar refractivity (Wildman–Crippen MR) is 83.6 cm³/mol. The van der Waals surface area contributed by atoms with Gasteiger partial charge in [0, 0.05) is 0 Å². The van der Waals surface area contributed by atoms with Crippen LogP contribution in [0.15, 0.2) is 54.6 Å². The summed E-state index contributed by atoms with van der Waals surface area (Å²) in [4.78, 5) is 0. The number of benzene rings is 2. The highest BCUT2D eigenvalue weighted by molar-refractivity contribution is 5.33. The minimum absolute atomic E-state index is 0.0774. The van der Waals surface area contributed by atoms with Crippen molar-refractivity contribution in [3.05, 3.63) is 71.3 Å². The molecule has 1 nitrogen and oxygen atoms in total. The summed E-state index contributed by atoms with van der Waals surface area (Å²) < 4.78 is 0. The lowest BCUT2D eigenvalue weighted by molar-refractivity contribution is 0.589. The van der Waals surface area contributed by atoms with E-state index in [4.69, 9.17) is 0 Å². The maximum absolute atomic E-state index is 9.42. The summed E-state index contributed by atoms with van der Waals surface area (Å²) in [5.74, 6) is -0.0774. The number of rotatable bonds is 3. The molecule has 0 saturated heterocycles. The second-order valence-corrected chi connectivity index (χ2v) is 6.24. The Morgan fingerprint density at radius 1 is 0.950 bits per heavy atom. The van der Waals surface area contributed by atoms with E-state index in [0.29, 0.717) is 0 Å². The second-order valence-electron chi connectivity index (χ2n) is 6.24. The molecule has 0 heterocycles. The number of hydrogen-bond donors (Lipinski definition) is 0. The van der Waals surface area contributed by atoms with Crippen LogP contribution >= 0.6 is 0 Å². The molecule has 0 aliphatic rings. The minimum atomic E-state index is -0.0774. The molecule has 102 valence electrons. The van der Waals surface area contributed by atoms with Crippen molar-refractivity contribution in [2.24, 2.45) is 0 Å². The van der Waals surface area contributed by atoms with Gasteiger partial charge in [-0.05, 0) is 28.5 Å². The van der Waals surface area contributed by atoms with Crippen LogP contribution in [0.1, 0.15) is 43.4 Å². The van der Waals surface area contributed by atoms with E-state index in [9.17, 15) is 5.26 Å². The molecule has 0 saturated carbocycles. The molecule has 0 amide bonds. The van der Waals surface area contributed by atoms with Crippen LogP contribution in [0.4, 0.5) is 0 Å². The second kappa shape index (κ2) is 5.92. The third-order valence-corrected chi connectivity index (χ3v) is 3.62. The van der Waals surface area contributed by atoms with Crippen molar-refractivity contribution in [3.63, 3.8) is 0 Å². The third-order valence-electron chi connectivity index (χ3n) is 3.62. The summed E-state index contributed by atoms with van der Waals surface area (Å²) in [5.41, 5.74) is 3.76. The largest absolute Gasteiger partial charge is 0.198 e. The first kappa shape index (κ1) is 14.3. The van der Waals surface area contributed by atoms with Crippen LogP contribution in [0, 0.1) is 11.3 Å². The Bertz CT molecular complexity index is 582.